The molecule has 3 heteroatoms. The van der Waals surface area contributed by atoms with Crippen LogP contribution >= 0.6 is 11.8 Å². The summed E-state index contributed by atoms with van der Waals surface area (Å²) in [6, 6.07) is 8.04. The molecular formula is C14H20N2S. The summed E-state index contributed by atoms with van der Waals surface area (Å²) in [5.74, 6) is 1.89. The Balaban J connectivity index is 2.45. The van der Waals surface area contributed by atoms with Crippen LogP contribution in [0.3, 0.4) is 0 Å². The van der Waals surface area contributed by atoms with Crippen molar-refractivity contribution in [3.63, 3.8) is 0 Å². The molecule has 0 spiro atoms. The van der Waals surface area contributed by atoms with Gasteiger partial charge in [0.2, 0.25) is 0 Å². The molecule has 0 saturated carbocycles. The van der Waals surface area contributed by atoms with Crippen molar-refractivity contribution in [2.45, 2.75) is 20.4 Å². The average molecular weight is 248 g/mol. The molecule has 1 aromatic rings. The highest BCUT2D eigenvalue weighted by Crippen LogP contribution is 2.10. The first-order chi connectivity index (χ1) is 8.17. The summed E-state index contributed by atoms with van der Waals surface area (Å²) >= 11 is 1.89. The molecule has 0 heterocycles. The Hall–Kier alpha value is -0.980. The van der Waals surface area contributed by atoms with Gasteiger partial charge in [0, 0.05) is 6.54 Å². The fourth-order valence-electron chi connectivity index (χ4n) is 1.76. The normalized spacial score (nSPS) is 12.1. The van der Waals surface area contributed by atoms with Crippen molar-refractivity contribution in [1.29, 1.82) is 5.26 Å². The number of nitrogens with one attached hydrogen (secondary N) is 1. The number of nitrogens with zero attached hydrogens (tertiary/aromatic N) is 1. The van der Waals surface area contributed by atoms with Gasteiger partial charge in [0.1, 0.15) is 0 Å². The van der Waals surface area contributed by atoms with Gasteiger partial charge >= 0.3 is 0 Å². The lowest BCUT2D eigenvalue weighted by Crippen LogP contribution is -2.22. The van der Waals surface area contributed by atoms with E-state index in [0.29, 0.717) is 5.92 Å². The van der Waals surface area contributed by atoms with E-state index in [-0.39, 0.29) is 0 Å². The van der Waals surface area contributed by atoms with Crippen LogP contribution < -0.4 is 5.32 Å². The molecule has 0 bridgehead atoms. The number of nitriles is 1. The van der Waals surface area contributed by atoms with Crippen molar-refractivity contribution in [2.75, 3.05) is 18.6 Å². The van der Waals surface area contributed by atoms with E-state index >= 15 is 0 Å². The van der Waals surface area contributed by atoms with Crippen LogP contribution in [-0.4, -0.2) is 18.6 Å². The molecule has 0 aliphatic carbocycles. The summed E-state index contributed by atoms with van der Waals surface area (Å²) in [6.45, 7) is 6.24. The maximum absolute atomic E-state index is 8.79. The van der Waals surface area contributed by atoms with E-state index in [1.165, 1.54) is 16.9 Å². The Morgan fingerprint density at radius 1 is 1.47 bits per heavy atom. The van der Waals surface area contributed by atoms with Crippen molar-refractivity contribution in [3.05, 3.63) is 34.9 Å². The number of hydrogen-bond donors (Lipinski definition) is 1. The standard InChI is InChI=1S/C14H20N2S/c1-11(10-17-3)8-16-9-14-5-4-13(7-15)6-12(14)2/h4-6,11,16H,8-10H2,1-3H3. The van der Waals surface area contributed by atoms with Crippen molar-refractivity contribution >= 4 is 11.8 Å². The lowest BCUT2D eigenvalue weighted by molar-refractivity contribution is 0.558. The highest BCUT2D eigenvalue weighted by molar-refractivity contribution is 7.98. The van der Waals surface area contributed by atoms with Gasteiger partial charge in [0.05, 0.1) is 11.6 Å². The molecule has 0 radical (unpaired) electrons. The molecule has 1 aromatic carbocycles. The predicted octanol–water partition coefficient (Wildman–Crippen LogP) is 2.96. The zero-order chi connectivity index (χ0) is 12.7. The average Bonchev–Trinajstić information content (AvgIpc) is 2.31. The molecule has 1 unspecified atom stereocenters. The molecule has 0 aliphatic rings. The largest absolute Gasteiger partial charge is 0.312 e. The minimum absolute atomic E-state index is 0.698. The number of aryl methyl sites for hydroxylation is 1. The summed E-state index contributed by atoms with van der Waals surface area (Å²) in [5, 5.41) is 12.3. The molecule has 92 valence electrons. The molecule has 1 atom stereocenters. The molecule has 0 saturated heterocycles. The fraction of sp³-hybridized carbons (Fsp3) is 0.500. The zero-order valence-electron chi connectivity index (χ0n) is 10.8. The van der Waals surface area contributed by atoms with Crippen molar-refractivity contribution < 1.29 is 0 Å². The van der Waals surface area contributed by atoms with E-state index in [0.717, 1.165) is 18.7 Å². The van der Waals surface area contributed by atoms with Crippen LogP contribution in [0.4, 0.5) is 0 Å². The third-order valence-corrected chi connectivity index (χ3v) is 3.63. The topological polar surface area (TPSA) is 35.8 Å². The number of benzene rings is 1. The van der Waals surface area contributed by atoms with Crippen LogP contribution in [0.5, 0.6) is 0 Å². The van der Waals surface area contributed by atoms with Crippen LogP contribution in [0.15, 0.2) is 18.2 Å². The van der Waals surface area contributed by atoms with Gasteiger partial charge in [-0.25, -0.2) is 0 Å². The van der Waals surface area contributed by atoms with E-state index in [1.54, 1.807) is 0 Å². The number of hydrogen-bond acceptors (Lipinski definition) is 3. The predicted molar refractivity (Wildman–Crippen MR) is 75.1 cm³/mol. The van der Waals surface area contributed by atoms with Gasteiger partial charge in [-0.05, 0) is 54.7 Å². The second kappa shape index (κ2) is 7.37. The molecule has 2 nitrogen and oxygen atoms in total. The monoisotopic (exact) mass is 248 g/mol. The minimum Gasteiger partial charge on any atom is -0.312 e. The first-order valence-electron chi connectivity index (χ1n) is 5.86. The smallest absolute Gasteiger partial charge is 0.0991 e. The highest BCUT2D eigenvalue weighted by atomic mass is 32.2. The van der Waals surface area contributed by atoms with Gasteiger partial charge in [-0.1, -0.05) is 13.0 Å². The fourth-order valence-corrected chi connectivity index (χ4v) is 2.45. The van der Waals surface area contributed by atoms with Crippen LogP contribution in [0.25, 0.3) is 0 Å². The molecule has 0 fully saturated rings. The van der Waals surface area contributed by atoms with E-state index in [2.05, 4.69) is 31.5 Å². The van der Waals surface area contributed by atoms with Gasteiger partial charge in [0.25, 0.3) is 0 Å². The molecular weight excluding hydrogens is 228 g/mol. The number of thioether (sulfide) groups is 1. The molecule has 0 aromatic heterocycles. The molecule has 1 rings (SSSR count). The zero-order valence-corrected chi connectivity index (χ0v) is 11.6. The molecule has 0 aliphatic heterocycles. The van der Waals surface area contributed by atoms with Gasteiger partial charge < -0.3 is 5.32 Å². The summed E-state index contributed by atoms with van der Waals surface area (Å²) in [6.07, 6.45) is 2.14. The summed E-state index contributed by atoms with van der Waals surface area (Å²) in [4.78, 5) is 0. The third kappa shape index (κ3) is 4.80. The van der Waals surface area contributed by atoms with Crippen LogP contribution in [0.1, 0.15) is 23.6 Å². The second-order valence-corrected chi connectivity index (χ2v) is 5.36. The van der Waals surface area contributed by atoms with Crippen molar-refractivity contribution in [2.24, 2.45) is 5.92 Å². The molecule has 1 N–H and O–H groups in total. The Labute approximate surface area is 108 Å². The first-order valence-corrected chi connectivity index (χ1v) is 7.26. The highest BCUT2D eigenvalue weighted by Gasteiger charge is 2.02. The Morgan fingerprint density at radius 2 is 2.24 bits per heavy atom. The second-order valence-electron chi connectivity index (χ2n) is 4.44. The van der Waals surface area contributed by atoms with E-state index < -0.39 is 0 Å². The van der Waals surface area contributed by atoms with E-state index in [4.69, 9.17) is 5.26 Å². The summed E-state index contributed by atoms with van der Waals surface area (Å²) < 4.78 is 0. The van der Waals surface area contributed by atoms with Crippen LogP contribution in [0, 0.1) is 24.2 Å². The molecule has 0 amide bonds. The van der Waals surface area contributed by atoms with Crippen molar-refractivity contribution in [1.82, 2.24) is 5.32 Å². The third-order valence-electron chi connectivity index (χ3n) is 2.73. The summed E-state index contributed by atoms with van der Waals surface area (Å²) in [7, 11) is 0. The lowest BCUT2D eigenvalue weighted by Gasteiger charge is -2.12. The maximum atomic E-state index is 8.79. The Bertz CT molecular complexity index is 396. The minimum atomic E-state index is 0.698. The Kier molecular flexibility index (Phi) is 6.10. The van der Waals surface area contributed by atoms with Gasteiger partial charge in [-0.2, -0.15) is 17.0 Å². The first kappa shape index (κ1) is 14.1. The van der Waals surface area contributed by atoms with Gasteiger partial charge in [-0.3, -0.25) is 0 Å². The SMILES string of the molecule is CSCC(C)CNCc1ccc(C#N)cc1C. The van der Waals surface area contributed by atoms with Gasteiger partial charge in [-0.15, -0.1) is 0 Å². The van der Waals surface area contributed by atoms with Crippen LogP contribution in [0.2, 0.25) is 0 Å². The maximum Gasteiger partial charge on any atom is 0.0991 e. The quantitative estimate of drug-likeness (QED) is 0.840. The number of rotatable bonds is 6. The van der Waals surface area contributed by atoms with E-state index in [9.17, 15) is 0 Å². The Morgan fingerprint density at radius 3 is 2.82 bits per heavy atom. The van der Waals surface area contributed by atoms with Crippen LogP contribution in [-0.2, 0) is 6.54 Å². The lowest BCUT2D eigenvalue weighted by atomic mass is 10.1. The van der Waals surface area contributed by atoms with Gasteiger partial charge in [0.15, 0.2) is 0 Å². The van der Waals surface area contributed by atoms with E-state index in [1.807, 2.05) is 30.0 Å². The molecule has 17 heavy (non-hydrogen) atoms. The van der Waals surface area contributed by atoms with Crippen molar-refractivity contribution in [3.8, 4) is 6.07 Å². The summed E-state index contributed by atoms with van der Waals surface area (Å²) in [5.41, 5.74) is 3.21.